The monoisotopic (exact) mass is 274 g/mol. The largest absolute Gasteiger partial charge is 0.381 e. The molecule has 0 atom stereocenters. The highest BCUT2D eigenvalue weighted by Crippen LogP contribution is 2.38. The van der Waals surface area contributed by atoms with Gasteiger partial charge in [-0.1, -0.05) is 66.3 Å². The van der Waals surface area contributed by atoms with Gasteiger partial charge in [-0.15, -0.1) is 0 Å². The second kappa shape index (κ2) is 5.34. The number of hydrogen-bond donors (Lipinski definition) is 0. The average molecular weight is 274 g/mol. The van der Waals surface area contributed by atoms with Gasteiger partial charge in [0.1, 0.15) is 0 Å². The Morgan fingerprint density at radius 3 is 1.76 bits per heavy atom. The van der Waals surface area contributed by atoms with Gasteiger partial charge in [-0.2, -0.15) is 0 Å². The third kappa shape index (κ3) is 2.24. The third-order valence-electron chi connectivity index (χ3n) is 4.35. The highest BCUT2D eigenvalue weighted by molar-refractivity contribution is 5.94. The van der Waals surface area contributed by atoms with Crippen LogP contribution in [0.3, 0.4) is 0 Å². The highest BCUT2D eigenvalue weighted by atomic mass is 16.5. The number of benzene rings is 2. The summed E-state index contributed by atoms with van der Waals surface area (Å²) >= 11 is 0. The highest BCUT2D eigenvalue weighted by Gasteiger charge is 2.19. The summed E-state index contributed by atoms with van der Waals surface area (Å²) in [6.45, 7) is 1.69. The van der Waals surface area contributed by atoms with Crippen molar-refractivity contribution in [2.75, 3.05) is 13.2 Å². The van der Waals surface area contributed by atoms with E-state index in [4.69, 9.17) is 4.74 Å². The Balaban J connectivity index is 2.02. The SMILES string of the molecule is C1=Cc2ccccc2C(=C2CCOCC2)c2ccccc21. The van der Waals surface area contributed by atoms with Gasteiger partial charge < -0.3 is 4.74 Å². The minimum absolute atomic E-state index is 0.844. The predicted molar refractivity (Wildman–Crippen MR) is 87.9 cm³/mol. The summed E-state index contributed by atoms with van der Waals surface area (Å²) in [6, 6.07) is 17.4. The molecule has 2 aliphatic rings. The van der Waals surface area contributed by atoms with Crippen molar-refractivity contribution < 1.29 is 4.74 Å². The van der Waals surface area contributed by atoms with Crippen LogP contribution in [-0.2, 0) is 4.74 Å². The third-order valence-corrected chi connectivity index (χ3v) is 4.35. The topological polar surface area (TPSA) is 9.23 Å². The lowest BCUT2D eigenvalue weighted by molar-refractivity contribution is 0.119. The molecule has 0 saturated carbocycles. The Kier molecular flexibility index (Phi) is 3.21. The van der Waals surface area contributed by atoms with Crippen molar-refractivity contribution in [3.63, 3.8) is 0 Å². The van der Waals surface area contributed by atoms with E-state index in [1.165, 1.54) is 33.4 Å². The lowest BCUT2D eigenvalue weighted by atomic mass is 9.87. The van der Waals surface area contributed by atoms with Crippen LogP contribution in [0, 0.1) is 0 Å². The van der Waals surface area contributed by atoms with E-state index in [0.717, 1.165) is 26.1 Å². The smallest absolute Gasteiger partial charge is 0.0503 e. The Labute approximate surface area is 125 Å². The van der Waals surface area contributed by atoms with Gasteiger partial charge >= 0.3 is 0 Å². The summed E-state index contributed by atoms with van der Waals surface area (Å²) < 4.78 is 5.55. The molecule has 0 radical (unpaired) electrons. The molecular formula is C20H18O. The van der Waals surface area contributed by atoms with E-state index in [-0.39, 0.29) is 0 Å². The van der Waals surface area contributed by atoms with E-state index in [0.29, 0.717) is 0 Å². The van der Waals surface area contributed by atoms with Crippen LogP contribution in [0.4, 0.5) is 0 Å². The molecule has 1 nitrogen and oxygen atoms in total. The maximum absolute atomic E-state index is 5.55. The maximum atomic E-state index is 5.55. The molecule has 1 heteroatoms. The number of hydrogen-bond acceptors (Lipinski definition) is 1. The molecule has 1 aliphatic carbocycles. The van der Waals surface area contributed by atoms with Crippen molar-refractivity contribution >= 4 is 17.7 Å². The first-order chi connectivity index (χ1) is 10.4. The zero-order valence-electron chi connectivity index (χ0n) is 12.0. The molecular weight excluding hydrogens is 256 g/mol. The molecule has 1 aliphatic heterocycles. The second-order valence-electron chi connectivity index (χ2n) is 5.60. The first-order valence-corrected chi connectivity index (χ1v) is 7.60. The normalized spacial score (nSPS) is 17.1. The number of fused-ring (bicyclic) bond motifs is 2. The Morgan fingerprint density at radius 2 is 1.19 bits per heavy atom. The van der Waals surface area contributed by atoms with Crippen LogP contribution >= 0.6 is 0 Å². The van der Waals surface area contributed by atoms with Crippen molar-refractivity contribution in [2.24, 2.45) is 0 Å². The predicted octanol–water partition coefficient (Wildman–Crippen LogP) is 4.78. The Hall–Kier alpha value is -2.12. The summed E-state index contributed by atoms with van der Waals surface area (Å²) in [6.07, 6.45) is 6.55. The van der Waals surface area contributed by atoms with Crippen LogP contribution in [0.25, 0.3) is 17.7 Å². The molecule has 1 saturated heterocycles. The second-order valence-corrected chi connectivity index (χ2v) is 5.60. The minimum atomic E-state index is 0.844. The zero-order chi connectivity index (χ0) is 14.1. The summed E-state index contributed by atoms with van der Waals surface area (Å²) in [5, 5.41) is 0. The molecule has 0 spiro atoms. The zero-order valence-corrected chi connectivity index (χ0v) is 12.0. The van der Waals surface area contributed by atoms with Gasteiger partial charge in [0.25, 0.3) is 0 Å². The van der Waals surface area contributed by atoms with Gasteiger partial charge in [0.15, 0.2) is 0 Å². The van der Waals surface area contributed by atoms with Crippen LogP contribution in [0.5, 0.6) is 0 Å². The van der Waals surface area contributed by atoms with Crippen LogP contribution in [0.2, 0.25) is 0 Å². The number of rotatable bonds is 0. The lowest BCUT2D eigenvalue weighted by Crippen LogP contribution is -2.10. The molecule has 0 aromatic heterocycles. The van der Waals surface area contributed by atoms with Gasteiger partial charge in [-0.25, -0.2) is 0 Å². The summed E-state index contributed by atoms with van der Waals surface area (Å²) in [5.41, 5.74) is 8.29. The maximum Gasteiger partial charge on any atom is 0.0503 e. The molecule has 2 aromatic rings. The van der Waals surface area contributed by atoms with Gasteiger partial charge in [-0.05, 0) is 40.7 Å². The fourth-order valence-corrected chi connectivity index (χ4v) is 3.31. The standard InChI is InChI=1S/C20H18O/c1-3-7-18-15(5-1)9-10-16-6-2-4-8-19(16)20(18)17-11-13-21-14-12-17/h1-10H,11-14H2. The van der Waals surface area contributed by atoms with E-state index in [1.54, 1.807) is 0 Å². The Bertz CT molecular complexity index is 678. The van der Waals surface area contributed by atoms with Gasteiger partial charge in [0, 0.05) is 0 Å². The van der Waals surface area contributed by atoms with Crippen LogP contribution in [-0.4, -0.2) is 13.2 Å². The van der Waals surface area contributed by atoms with E-state index in [1.807, 2.05) is 0 Å². The fourth-order valence-electron chi connectivity index (χ4n) is 3.31. The van der Waals surface area contributed by atoms with Gasteiger partial charge in [0.05, 0.1) is 13.2 Å². The lowest BCUT2D eigenvalue weighted by Gasteiger charge is -2.22. The first kappa shape index (κ1) is 12.6. The molecule has 1 heterocycles. The molecule has 0 unspecified atom stereocenters. The summed E-state index contributed by atoms with van der Waals surface area (Å²) in [7, 11) is 0. The van der Waals surface area contributed by atoms with E-state index in [2.05, 4.69) is 60.7 Å². The van der Waals surface area contributed by atoms with E-state index < -0.39 is 0 Å². The van der Waals surface area contributed by atoms with Crippen molar-refractivity contribution in [3.8, 4) is 0 Å². The van der Waals surface area contributed by atoms with Crippen LogP contribution in [0.1, 0.15) is 35.1 Å². The summed E-state index contributed by atoms with van der Waals surface area (Å²) in [4.78, 5) is 0. The molecule has 0 amide bonds. The van der Waals surface area contributed by atoms with E-state index in [9.17, 15) is 0 Å². The molecule has 0 bridgehead atoms. The summed E-state index contributed by atoms with van der Waals surface area (Å²) in [5.74, 6) is 0. The molecule has 1 fully saturated rings. The van der Waals surface area contributed by atoms with Gasteiger partial charge in [0.2, 0.25) is 0 Å². The van der Waals surface area contributed by atoms with Crippen molar-refractivity contribution in [1.82, 2.24) is 0 Å². The van der Waals surface area contributed by atoms with E-state index >= 15 is 0 Å². The fraction of sp³-hybridized carbons (Fsp3) is 0.200. The first-order valence-electron chi connectivity index (χ1n) is 7.60. The molecule has 4 rings (SSSR count). The van der Waals surface area contributed by atoms with Crippen LogP contribution in [0.15, 0.2) is 54.1 Å². The van der Waals surface area contributed by atoms with Crippen molar-refractivity contribution in [1.29, 1.82) is 0 Å². The minimum Gasteiger partial charge on any atom is -0.381 e. The molecule has 104 valence electrons. The molecule has 21 heavy (non-hydrogen) atoms. The number of ether oxygens (including phenoxy) is 1. The molecule has 0 N–H and O–H groups in total. The quantitative estimate of drug-likeness (QED) is 0.573. The van der Waals surface area contributed by atoms with Crippen molar-refractivity contribution in [3.05, 3.63) is 76.4 Å². The van der Waals surface area contributed by atoms with Gasteiger partial charge in [-0.3, -0.25) is 0 Å². The van der Waals surface area contributed by atoms with Crippen molar-refractivity contribution in [2.45, 2.75) is 12.8 Å². The Morgan fingerprint density at radius 1 is 0.667 bits per heavy atom. The average Bonchev–Trinajstić information content (AvgIpc) is 2.72. The van der Waals surface area contributed by atoms with Crippen LogP contribution < -0.4 is 0 Å². The molecule has 2 aromatic carbocycles.